The number of H-pyrrole nitrogens is 1. The van der Waals surface area contributed by atoms with Gasteiger partial charge in [0.05, 0.1) is 27.8 Å². The standard InChI is InChI=1S/C16H18BrN3O5/c1-23-12-4-9(5-13(24-2)15(12)25-3)6-14(21)19-20-16(22)11-7-10(17)8-18-11/h4-5,7-8,18H,6H2,1-3H3,(H,19,21)(H,20,22). The smallest absolute Gasteiger partial charge is 0.286 e. The van der Waals surface area contributed by atoms with Crippen LogP contribution in [0.1, 0.15) is 16.1 Å². The third-order valence-electron chi connectivity index (χ3n) is 3.30. The molecule has 0 saturated heterocycles. The Morgan fingerprint density at radius 1 is 1.04 bits per heavy atom. The molecule has 2 aromatic rings. The van der Waals surface area contributed by atoms with E-state index in [-0.39, 0.29) is 6.42 Å². The average molecular weight is 412 g/mol. The summed E-state index contributed by atoms with van der Waals surface area (Å²) in [6, 6.07) is 4.94. The first kappa shape index (κ1) is 18.7. The fourth-order valence-electron chi connectivity index (χ4n) is 2.16. The van der Waals surface area contributed by atoms with Crippen molar-refractivity contribution in [2.45, 2.75) is 6.42 Å². The van der Waals surface area contributed by atoms with E-state index in [1.165, 1.54) is 21.3 Å². The zero-order valence-corrected chi connectivity index (χ0v) is 15.5. The first-order chi connectivity index (χ1) is 12.0. The number of halogens is 1. The van der Waals surface area contributed by atoms with E-state index >= 15 is 0 Å². The number of hydrogen-bond acceptors (Lipinski definition) is 5. The predicted molar refractivity (Wildman–Crippen MR) is 93.9 cm³/mol. The van der Waals surface area contributed by atoms with E-state index in [0.717, 1.165) is 4.47 Å². The molecule has 0 unspecified atom stereocenters. The molecule has 0 aliphatic carbocycles. The van der Waals surface area contributed by atoms with Crippen molar-refractivity contribution in [3.63, 3.8) is 0 Å². The molecule has 8 nitrogen and oxygen atoms in total. The van der Waals surface area contributed by atoms with E-state index in [4.69, 9.17) is 14.2 Å². The van der Waals surface area contributed by atoms with E-state index in [1.54, 1.807) is 24.4 Å². The summed E-state index contributed by atoms with van der Waals surface area (Å²) in [4.78, 5) is 26.7. The van der Waals surface area contributed by atoms with Gasteiger partial charge in [-0.1, -0.05) is 0 Å². The molecule has 25 heavy (non-hydrogen) atoms. The maximum atomic E-state index is 12.0. The highest BCUT2D eigenvalue weighted by Gasteiger charge is 2.15. The first-order valence-electron chi connectivity index (χ1n) is 7.20. The summed E-state index contributed by atoms with van der Waals surface area (Å²) >= 11 is 3.23. The number of benzene rings is 1. The van der Waals surface area contributed by atoms with Crippen molar-refractivity contribution in [1.82, 2.24) is 15.8 Å². The highest BCUT2D eigenvalue weighted by atomic mass is 79.9. The van der Waals surface area contributed by atoms with E-state index in [1.807, 2.05) is 0 Å². The van der Waals surface area contributed by atoms with Gasteiger partial charge in [0.1, 0.15) is 5.69 Å². The number of amides is 2. The fraction of sp³-hybridized carbons (Fsp3) is 0.250. The largest absolute Gasteiger partial charge is 0.493 e. The fourth-order valence-corrected chi connectivity index (χ4v) is 2.50. The van der Waals surface area contributed by atoms with Gasteiger partial charge in [0.2, 0.25) is 11.7 Å². The minimum absolute atomic E-state index is 0.0193. The number of methoxy groups -OCH3 is 3. The van der Waals surface area contributed by atoms with Gasteiger partial charge in [-0.05, 0) is 39.7 Å². The van der Waals surface area contributed by atoms with Gasteiger partial charge in [0.15, 0.2) is 11.5 Å². The molecule has 2 rings (SSSR count). The summed E-state index contributed by atoms with van der Waals surface area (Å²) in [6.45, 7) is 0. The minimum Gasteiger partial charge on any atom is -0.493 e. The number of nitrogens with one attached hydrogen (secondary N) is 3. The maximum absolute atomic E-state index is 12.0. The van der Waals surface area contributed by atoms with Crippen LogP contribution >= 0.6 is 15.9 Å². The summed E-state index contributed by atoms with van der Waals surface area (Å²) in [5.41, 5.74) is 5.65. The summed E-state index contributed by atoms with van der Waals surface area (Å²) in [5, 5.41) is 0. The van der Waals surface area contributed by atoms with E-state index < -0.39 is 11.8 Å². The van der Waals surface area contributed by atoms with Crippen molar-refractivity contribution >= 4 is 27.7 Å². The van der Waals surface area contributed by atoms with Gasteiger partial charge in [0.25, 0.3) is 5.91 Å². The molecule has 0 aliphatic heterocycles. The second-order valence-electron chi connectivity index (χ2n) is 4.94. The van der Waals surface area contributed by atoms with E-state index in [9.17, 15) is 9.59 Å². The molecule has 3 N–H and O–H groups in total. The summed E-state index contributed by atoms with van der Waals surface area (Å²) in [6.07, 6.45) is 1.64. The van der Waals surface area contributed by atoms with Gasteiger partial charge in [-0.2, -0.15) is 0 Å². The minimum atomic E-state index is -0.455. The van der Waals surface area contributed by atoms with Crippen molar-refractivity contribution in [2.75, 3.05) is 21.3 Å². The predicted octanol–water partition coefficient (Wildman–Crippen LogP) is 1.81. The van der Waals surface area contributed by atoms with Crippen molar-refractivity contribution in [2.24, 2.45) is 0 Å². The van der Waals surface area contributed by atoms with Gasteiger partial charge in [-0.15, -0.1) is 0 Å². The Hall–Kier alpha value is -2.68. The zero-order chi connectivity index (χ0) is 18.4. The Morgan fingerprint density at radius 3 is 2.16 bits per heavy atom. The van der Waals surface area contributed by atoms with Crippen LogP contribution in [0.15, 0.2) is 28.9 Å². The lowest BCUT2D eigenvalue weighted by Crippen LogP contribution is -2.42. The molecule has 0 saturated carbocycles. The van der Waals surface area contributed by atoms with E-state index in [2.05, 4.69) is 31.8 Å². The molecule has 0 spiro atoms. The van der Waals surface area contributed by atoms with Crippen LogP contribution in [0.4, 0.5) is 0 Å². The average Bonchev–Trinajstić information content (AvgIpc) is 3.05. The van der Waals surface area contributed by atoms with Crippen LogP contribution in [0.2, 0.25) is 0 Å². The Bertz CT molecular complexity index is 750. The molecule has 0 atom stereocenters. The Morgan fingerprint density at radius 2 is 1.68 bits per heavy atom. The van der Waals surface area contributed by atoms with Crippen molar-refractivity contribution in [1.29, 1.82) is 0 Å². The third kappa shape index (κ3) is 4.66. The zero-order valence-electron chi connectivity index (χ0n) is 13.9. The van der Waals surface area contributed by atoms with Crippen LogP contribution < -0.4 is 25.1 Å². The lowest BCUT2D eigenvalue weighted by molar-refractivity contribution is -0.121. The number of hydrazine groups is 1. The number of aromatic amines is 1. The summed E-state index contributed by atoms with van der Waals surface area (Å²) in [5.74, 6) is 0.492. The van der Waals surface area contributed by atoms with Crippen molar-refractivity contribution in [3.8, 4) is 17.2 Å². The highest BCUT2D eigenvalue weighted by Crippen LogP contribution is 2.38. The SMILES string of the molecule is COc1cc(CC(=O)NNC(=O)c2cc(Br)c[nH]2)cc(OC)c1OC. The second-order valence-corrected chi connectivity index (χ2v) is 5.86. The lowest BCUT2D eigenvalue weighted by Gasteiger charge is -2.14. The molecule has 134 valence electrons. The highest BCUT2D eigenvalue weighted by molar-refractivity contribution is 9.10. The summed E-state index contributed by atoms with van der Waals surface area (Å²) in [7, 11) is 4.49. The Kier molecular flexibility index (Phi) is 6.29. The van der Waals surface area contributed by atoms with Gasteiger partial charge in [-0.3, -0.25) is 20.4 Å². The number of aromatic nitrogens is 1. The van der Waals surface area contributed by atoms with Crippen molar-refractivity contribution in [3.05, 3.63) is 40.1 Å². The lowest BCUT2D eigenvalue weighted by atomic mass is 10.1. The van der Waals surface area contributed by atoms with Crippen molar-refractivity contribution < 1.29 is 23.8 Å². The quantitative estimate of drug-likeness (QED) is 0.629. The van der Waals surface area contributed by atoms with Crippen LogP contribution in [-0.2, 0) is 11.2 Å². The van der Waals surface area contributed by atoms with Crippen LogP contribution in [0.3, 0.4) is 0 Å². The number of hydrogen-bond donors (Lipinski definition) is 3. The topological polar surface area (TPSA) is 102 Å². The monoisotopic (exact) mass is 411 g/mol. The normalized spacial score (nSPS) is 10.1. The van der Waals surface area contributed by atoms with Gasteiger partial charge in [-0.25, -0.2) is 0 Å². The molecular weight excluding hydrogens is 394 g/mol. The molecular formula is C16H18BrN3O5. The number of carbonyl (C=O) groups excluding carboxylic acids is 2. The molecule has 0 fully saturated rings. The van der Waals surface area contributed by atoms with Gasteiger partial charge >= 0.3 is 0 Å². The van der Waals surface area contributed by atoms with Crippen LogP contribution in [-0.4, -0.2) is 38.1 Å². The Balaban J connectivity index is 2.01. The number of ether oxygens (including phenoxy) is 3. The number of rotatable bonds is 6. The van der Waals surface area contributed by atoms with E-state index in [0.29, 0.717) is 28.5 Å². The molecule has 0 radical (unpaired) electrons. The van der Waals surface area contributed by atoms with Crippen LogP contribution in [0.5, 0.6) is 17.2 Å². The molecule has 9 heteroatoms. The maximum Gasteiger partial charge on any atom is 0.286 e. The molecule has 0 bridgehead atoms. The summed E-state index contributed by atoms with van der Waals surface area (Å²) < 4.78 is 16.5. The Labute approximate surface area is 152 Å². The van der Waals surface area contributed by atoms with Gasteiger partial charge < -0.3 is 19.2 Å². The molecule has 1 aromatic heterocycles. The van der Waals surface area contributed by atoms with Gasteiger partial charge in [0, 0.05) is 10.7 Å². The molecule has 1 heterocycles. The van der Waals surface area contributed by atoms with Crippen LogP contribution in [0.25, 0.3) is 0 Å². The number of carbonyl (C=O) groups is 2. The second kappa shape index (κ2) is 8.43. The molecule has 2 amide bonds. The third-order valence-corrected chi connectivity index (χ3v) is 3.75. The molecule has 0 aliphatic rings. The first-order valence-corrected chi connectivity index (χ1v) is 7.99. The molecule has 1 aromatic carbocycles. The van der Waals surface area contributed by atoms with Crippen LogP contribution in [0, 0.1) is 0 Å².